The van der Waals surface area contributed by atoms with Crippen molar-refractivity contribution in [2.75, 3.05) is 31.1 Å². The number of aromatic nitrogens is 2. The molecule has 6 nitrogen and oxygen atoms in total. The minimum Gasteiger partial charge on any atom is -0.351 e. The molecule has 2 aliphatic rings. The Kier molecular flexibility index (Phi) is 5.54. The molecular weight excluding hydrogens is 362 g/mol. The Morgan fingerprint density at radius 3 is 2.34 bits per heavy atom. The Labute approximate surface area is 173 Å². The highest BCUT2D eigenvalue weighted by molar-refractivity contribution is 5.94. The van der Waals surface area contributed by atoms with Gasteiger partial charge in [-0.3, -0.25) is 9.69 Å². The first-order valence-corrected chi connectivity index (χ1v) is 10.6. The summed E-state index contributed by atoms with van der Waals surface area (Å²) in [7, 11) is 0. The van der Waals surface area contributed by atoms with Gasteiger partial charge >= 0.3 is 0 Å². The average molecular weight is 394 g/mol. The molecule has 6 heteroatoms. The maximum absolute atomic E-state index is 12.6. The van der Waals surface area contributed by atoms with Gasteiger partial charge < -0.3 is 10.2 Å². The zero-order chi connectivity index (χ0) is 20.4. The Morgan fingerprint density at radius 1 is 1.07 bits per heavy atom. The Morgan fingerprint density at radius 2 is 1.76 bits per heavy atom. The molecule has 1 N–H and O–H groups in total. The van der Waals surface area contributed by atoms with Gasteiger partial charge in [-0.2, -0.15) is 5.10 Å². The molecule has 0 spiro atoms. The second kappa shape index (κ2) is 8.11. The summed E-state index contributed by atoms with van der Waals surface area (Å²) in [6.45, 7) is 10.7. The summed E-state index contributed by atoms with van der Waals surface area (Å²) in [6, 6.07) is 12.2. The van der Waals surface area contributed by atoms with Gasteiger partial charge in [-0.05, 0) is 82.4 Å². The van der Waals surface area contributed by atoms with Crippen LogP contribution in [0.25, 0.3) is 0 Å². The number of hydrogen-bond acceptors (Lipinski definition) is 5. The maximum Gasteiger partial charge on any atom is 0.251 e. The van der Waals surface area contributed by atoms with Crippen LogP contribution >= 0.6 is 0 Å². The highest BCUT2D eigenvalue weighted by Crippen LogP contribution is 2.31. The molecule has 0 saturated carbocycles. The van der Waals surface area contributed by atoms with E-state index in [0.29, 0.717) is 5.92 Å². The number of piperidine rings is 1. The number of likely N-dealkylation sites (tertiary alicyclic amines) is 1. The lowest BCUT2D eigenvalue weighted by atomic mass is 9.87. The first kappa shape index (κ1) is 19.8. The molecule has 0 aliphatic carbocycles. The fourth-order valence-corrected chi connectivity index (χ4v) is 4.28. The Bertz CT molecular complexity index is 817. The van der Waals surface area contributed by atoms with Gasteiger partial charge in [0, 0.05) is 30.4 Å². The zero-order valence-corrected chi connectivity index (χ0v) is 17.6. The van der Waals surface area contributed by atoms with Crippen LogP contribution in [-0.2, 0) is 0 Å². The van der Waals surface area contributed by atoms with Gasteiger partial charge in [-0.1, -0.05) is 12.1 Å². The van der Waals surface area contributed by atoms with E-state index in [4.69, 9.17) is 0 Å². The van der Waals surface area contributed by atoms with Crippen LogP contribution in [0.5, 0.6) is 0 Å². The smallest absolute Gasteiger partial charge is 0.251 e. The van der Waals surface area contributed by atoms with E-state index in [9.17, 15) is 4.79 Å². The number of nitrogens with one attached hydrogen (secondary N) is 1. The van der Waals surface area contributed by atoms with Gasteiger partial charge in [0.05, 0.1) is 6.04 Å². The number of nitrogens with zero attached hydrogens (tertiary/aromatic N) is 4. The summed E-state index contributed by atoms with van der Waals surface area (Å²) in [4.78, 5) is 17.2. The molecule has 2 aliphatic heterocycles. The quantitative estimate of drug-likeness (QED) is 0.865. The molecule has 0 unspecified atom stereocenters. The number of benzene rings is 1. The summed E-state index contributed by atoms with van der Waals surface area (Å²) >= 11 is 0. The molecule has 154 valence electrons. The molecule has 2 saturated heterocycles. The minimum atomic E-state index is 0.00268. The topological polar surface area (TPSA) is 61.4 Å². The van der Waals surface area contributed by atoms with Crippen molar-refractivity contribution in [1.82, 2.24) is 20.4 Å². The number of carbonyl (C=O) groups excluding carboxylic acids is 1. The van der Waals surface area contributed by atoms with Gasteiger partial charge in [0.1, 0.15) is 0 Å². The predicted molar refractivity (Wildman–Crippen MR) is 115 cm³/mol. The van der Waals surface area contributed by atoms with E-state index in [1.54, 1.807) is 6.20 Å². The fourth-order valence-electron chi connectivity index (χ4n) is 4.28. The normalized spacial score (nSPS) is 19.1. The van der Waals surface area contributed by atoms with Gasteiger partial charge in [0.2, 0.25) is 0 Å². The number of carbonyl (C=O) groups is 1. The molecule has 29 heavy (non-hydrogen) atoms. The van der Waals surface area contributed by atoms with E-state index in [-0.39, 0.29) is 17.5 Å². The first-order chi connectivity index (χ1) is 13.9. The lowest BCUT2D eigenvalue weighted by molar-refractivity contribution is 0.0929. The number of hydrogen-bond donors (Lipinski definition) is 1. The molecule has 1 aromatic carbocycles. The summed E-state index contributed by atoms with van der Waals surface area (Å²) in [5, 5.41) is 11.1. The molecule has 1 aromatic heterocycles. The number of amides is 1. The predicted octanol–water partition coefficient (Wildman–Crippen LogP) is 3.07. The highest BCUT2D eigenvalue weighted by atomic mass is 16.1. The van der Waals surface area contributed by atoms with Crippen molar-refractivity contribution in [2.45, 2.75) is 51.1 Å². The Hall–Kier alpha value is -2.47. The molecule has 2 aromatic rings. The molecule has 1 amide bonds. The van der Waals surface area contributed by atoms with E-state index in [1.165, 1.54) is 18.4 Å². The van der Waals surface area contributed by atoms with Gasteiger partial charge in [-0.25, -0.2) is 0 Å². The van der Waals surface area contributed by atoms with Crippen molar-refractivity contribution in [3.05, 3.63) is 53.7 Å². The van der Waals surface area contributed by atoms with E-state index < -0.39 is 0 Å². The fraction of sp³-hybridized carbons (Fsp3) is 0.522. The highest BCUT2D eigenvalue weighted by Gasteiger charge is 2.30. The summed E-state index contributed by atoms with van der Waals surface area (Å²) in [6.07, 6.45) is 4.03. The summed E-state index contributed by atoms with van der Waals surface area (Å²) in [5.74, 6) is 1.46. The molecule has 0 bridgehead atoms. The largest absolute Gasteiger partial charge is 0.351 e. The maximum atomic E-state index is 12.6. The molecular formula is C23H31N5O. The summed E-state index contributed by atoms with van der Waals surface area (Å²) in [5.41, 5.74) is 2.34. The third-order valence-electron chi connectivity index (χ3n) is 6.19. The SMILES string of the molecule is CC(C)(C)N1CCC(c2ccc(C(=O)NC3CN(c4cccnn4)C3)cc2)CC1. The van der Waals surface area contributed by atoms with Crippen molar-refractivity contribution in [3.8, 4) is 0 Å². The first-order valence-electron chi connectivity index (χ1n) is 10.6. The van der Waals surface area contributed by atoms with E-state index in [1.807, 2.05) is 24.3 Å². The van der Waals surface area contributed by atoms with Crippen LogP contribution < -0.4 is 10.2 Å². The van der Waals surface area contributed by atoms with Crippen molar-refractivity contribution >= 4 is 11.7 Å². The van der Waals surface area contributed by atoms with Crippen LogP contribution in [0.1, 0.15) is 55.5 Å². The second-order valence-corrected chi connectivity index (χ2v) is 9.21. The Balaban J connectivity index is 1.27. The molecule has 0 atom stereocenters. The summed E-state index contributed by atoms with van der Waals surface area (Å²) < 4.78 is 0. The second-order valence-electron chi connectivity index (χ2n) is 9.21. The van der Waals surface area contributed by atoms with Crippen molar-refractivity contribution < 1.29 is 4.79 Å². The molecule has 3 heterocycles. The van der Waals surface area contributed by atoms with E-state index >= 15 is 0 Å². The van der Waals surface area contributed by atoms with Crippen LogP contribution in [0.15, 0.2) is 42.6 Å². The van der Waals surface area contributed by atoms with Gasteiger partial charge in [-0.15, -0.1) is 5.10 Å². The van der Waals surface area contributed by atoms with Crippen LogP contribution in [0.3, 0.4) is 0 Å². The van der Waals surface area contributed by atoms with E-state index in [0.717, 1.165) is 37.6 Å². The third-order valence-corrected chi connectivity index (χ3v) is 6.19. The van der Waals surface area contributed by atoms with Crippen molar-refractivity contribution in [2.24, 2.45) is 0 Å². The van der Waals surface area contributed by atoms with Gasteiger partial charge in [0.25, 0.3) is 5.91 Å². The molecule has 4 rings (SSSR count). The standard InChI is InChI=1S/C23H31N5O/c1-23(2,3)28-13-10-18(11-14-28)17-6-8-19(9-7-17)22(29)25-20-15-27(16-20)21-5-4-12-24-26-21/h4-9,12,18,20H,10-11,13-16H2,1-3H3,(H,25,29). The number of rotatable bonds is 4. The third kappa shape index (κ3) is 4.58. The van der Waals surface area contributed by atoms with Crippen LogP contribution in [0.2, 0.25) is 0 Å². The van der Waals surface area contributed by atoms with Crippen LogP contribution in [0, 0.1) is 0 Å². The average Bonchev–Trinajstić information content (AvgIpc) is 2.70. The van der Waals surface area contributed by atoms with Gasteiger partial charge in [0.15, 0.2) is 5.82 Å². The van der Waals surface area contributed by atoms with Crippen molar-refractivity contribution in [3.63, 3.8) is 0 Å². The van der Waals surface area contributed by atoms with E-state index in [2.05, 4.69) is 58.2 Å². The monoisotopic (exact) mass is 393 g/mol. The minimum absolute atomic E-state index is 0.00268. The number of anilines is 1. The van der Waals surface area contributed by atoms with Crippen LogP contribution in [0.4, 0.5) is 5.82 Å². The lowest BCUT2D eigenvalue weighted by Gasteiger charge is -2.41. The lowest BCUT2D eigenvalue weighted by Crippen LogP contribution is -2.59. The van der Waals surface area contributed by atoms with Crippen LogP contribution in [-0.4, -0.2) is 58.8 Å². The zero-order valence-electron chi connectivity index (χ0n) is 17.6. The molecule has 0 radical (unpaired) electrons. The molecule has 2 fully saturated rings. The van der Waals surface area contributed by atoms with Crippen molar-refractivity contribution in [1.29, 1.82) is 0 Å².